The van der Waals surface area contributed by atoms with Crippen LogP contribution in [0.25, 0.3) is 0 Å². The van der Waals surface area contributed by atoms with Crippen molar-refractivity contribution in [2.24, 2.45) is 0 Å². The minimum Gasteiger partial charge on any atom is -0.467 e. The molecule has 3 heterocycles. The molecule has 6 nitrogen and oxygen atoms in total. The maximum absolute atomic E-state index is 13.2. The Labute approximate surface area is 177 Å². The van der Waals surface area contributed by atoms with Gasteiger partial charge in [0.1, 0.15) is 5.76 Å². The highest BCUT2D eigenvalue weighted by atomic mass is 35.5. The van der Waals surface area contributed by atoms with E-state index in [1.807, 2.05) is 12.1 Å². The number of halogens is 1. The highest BCUT2D eigenvalue weighted by Crippen LogP contribution is 2.32. The van der Waals surface area contributed by atoms with Gasteiger partial charge in [-0.1, -0.05) is 11.6 Å². The first-order valence-corrected chi connectivity index (χ1v) is 10.0. The largest absolute Gasteiger partial charge is 0.467 e. The molecule has 0 saturated carbocycles. The van der Waals surface area contributed by atoms with Crippen LogP contribution in [0.2, 0.25) is 5.02 Å². The fourth-order valence-corrected chi connectivity index (χ4v) is 4.25. The van der Waals surface area contributed by atoms with Crippen molar-refractivity contribution >= 4 is 35.0 Å². The molecular formula is C23H17ClN2O4. The predicted molar refractivity (Wildman–Crippen MR) is 111 cm³/mol. The average Bonchev–Trinajstić information content (AvgIpc) is 3.35. The number of aryl methyl sites for hydroxylation is 1. The Morgan fingerprint density at radius 3 is 2.67 bits per heavy atom. The van der Waals surface area contributed by atoms with Gasteiger partial charge in [0.25, 0.3) is 17.7 Å². The fourth-order valence-electron chi connectivity index (χ4n) is 4.06. The summed E-state index contributed by atoms with van der Waals surface area (Å²) in [6, 6.07) is 13.6. The summed E-state index contributed by atoms with van der Waals surface area (Å²) >= 11 is 6.09. The van der Waals surface area contributed by atoms with E-state index in [2.05, 4.69) is 0 Å². The van der Waals surface area contributed by atoms with Crippen LogP contribution >= 0.6 is 11.6 Å². The molecule has 0 atom stereocenters. The van der Waals surface area contributed by atoms with Crippen LogP contribution in [0.4, 0.5) is 5.69 Å². The second kappa shape index (κ2) is 7.15. The highest BCUT2D eigenvalue weighted by Gasteiger charge is 2.37. The van der Waals surface area contributed by atoms with Crippen LogP contribution in [-0.4, -0.2) is 29.2 Å². The lowest BCUT2D eigenvalue weighted by Crippen LogP contribution is -2.35. The Morgan fingerprint density at radius 2 is 1.87 bits per heavy atom. The monoisotopic (exact) mass is 420 g/mol. The van der Waals surface area contributed by atoms with Gasteiger partial charge in [0.15, 0.2) is 0 Å². The number of hydrogen-bond donors (Lipinski definition) is 0. The normalized spacial score (nSPS) is 15.4. The molecule has 0 unspecified atom stereocenters. The van der Waals surface area contributed by atoms with Gasteiger partial charge in [-0.3, -0.25) is 19.3 Å². The number of rotatable bonds is 3. The van der Waals surface area contributed by atoms with Gasteiger partial charge in [0, 0.05) is 22.8 Å². The molecule has 1 aromatic heterocycles. The van der Waals surface area contributed by atoms with Crippen molar-refractivity contribution in [2.75, 3.05) is 11.4 Å². The molecule has 0 aliphatic carbocycles. The number of anilines is 1. The van der Waals surface area contributed by atoms with Crippen molar-refractivity contribution in [2.45, 2.75) is 19.4 Å². The Bertz CT molecular complexity index is 1190. The molecule has 0 N–H and O–H groups in total. The molecule has 150 valence electrons. The van der Waals surface area contributed by atoms with Gasteiger partial charge in [-0.15, -0.1) is 0 Å². The maximum Gasteiger partial charge on any atom is 0.261 e. The van der Waals surface area contributed by atoms with Crippen LogP contribution < -0.4 is 4.90 Å². The van der Waals surface area contributed by atoms with E-state index in [9.17, 15) is 14.4 Å². The van der Waals surface area contributed by atoms with E-state index in [4.69, 9.17) is 16.0 Å². The maximum atomic E-state index is 13.2. The SMILES string of the molecule is O=C1c2ccc(C(=O)N3CCCc4cc(Cl)ccc43)cc2C(=O)N1Cc1ccco1. The molecule has 3 amide bonds. The van der Waals surface area contributed by atoms with Crippen molar-refractivity contribution in [3.63, 3.8) is 0 Å². The lowest BCUT2D eigenvalue weighted by atomic mass is 9.99. The summed E-state index contributed by atoms with van der Waals surface area (Å²) in [5, 5.41) is 0.640. The van der Waals surface area contributed by atoms with E-state index in [0.717, 1.165) is 29.0 Å². The third kappa shape index (κ3) is 3.00. The van der Waals surface area contributed by atoms with E-state index >= 15 is 0 Å². The number of hydrogen-bond acceptors (Lipinski definition) is 4. The summed E-state index contributed by atoms with van der Waals surface area (Å²) < 4.78 is 5.26. The van der Waals surface area contributed by atoms with Crippen molar-refractivity contribution < 1.29 is 18.8 Å². The van der Waals surface area contributed by atoms with E-state index in [1.54, 1.807) is 35.2 Å². The third-order valence-electron chi connectivity index (χ3n) is 5.52. The number of carbonyl (C=O) groups is 3. The summed E-state index contributed by atoms with van der Waals surface area (Å²) in [5.41, 5.74) is 2.77. The Hall–Kier alpha value is -3.38. The first-order chi connectivity index (χ1) is 14.5. The highest BCUT2D eigenvalue weighted by molar-refractivity contribution is 6.30. The van der Waals surface area contributed by atoms with E-state index in [-0.39, 0.29) is 23.9 Å². The molecule has 2 aliphatic heterocycles. The smallest absolute Gasteiger partial charge is 0.261 e. The van der Waals surface area contributed by atoms with Crippen LogP contribution in [0.3, 0.4) is 0 Å². The number of imide groups is 1. The topological polar surface area (TPSA) is 70.8 Å². The lowest BCUT2D eigenvalue weighted by Gasteiger charge is -2.29. The molecule has 2 aromatic carbocycles. The first kappa shape index (κ1) is 18.6. The van der Waals surface area contributed by atoms with Gasteiger partial charge in [0.2, 0.25) is 0 Å². The molecule has 3 aromatic rings. The van der Waals surface area contributed by atoms with Gasteiger partial charge in [-0.2, -0.15) is 0 Å². The van der Waals surface area contributed by atoms with Gasteiger partial charge < -0.3 is 9.32 Å². The lowest BCUT2D eigenvalue weighted by molar-refractivity contribution is 0.0631. The second-order valence-corrected chi connectivity index (χ2v) is 7.81. The van der Waals surface area contributed by atoms with Crippen LogP contribution in [-0.2, 0) is 13.0 Å². The molecule has 5 rings (SSSR count). The van der Waals surface area contributed by atoms with E-state index < -0.39 is 5.91 Å². The number of furan rings is 1. The van der Waals surface area contributed by atoms with Crippen molar-refractivity contribution in [1.82, 2.24) is 4.90 Å². The zero-order valence-corrected chi connectivity index (χ0v) is 16.7. The summed E-state index contributed by atoms with van der Waals surface area (Å²) in [7, 11) is 0. The van der Waals surface area contributed by atoms with Crippen LogP contribution in [0.1, 0.15) is 48.8 Å². The molecule has 7 heteroatoms. The number of amides is 3. The van der Waals surface area contributed by atoms with Crippen LogP contribution in [0.5, 0.6) is 0 Å². The average molecular weight is 421 g/mol. The number of benzene rings is 2. The molecular weight excluding hydrogens is 404 g/mol. The van der Waals surface area contributed by atoms with Gasteiger partial charge >= 0.3 is 0 Å². The van der Waals surface area contributed by atoms with Crippen molar-refractivity contribution in [3.8, 4) is 0 Å². The number of nitrogens with zero attached hydrogens (tertiary/aromatic N) is 2. The molecule has 0 saturated heterocycles. The zero-order valence-electron chi connectivity index (χ0n) is 15.9. The first-order valence-electron chi connectivity index (χ1n) is 9.66. The van der Waals surface area contributed by atoms with Gasteiger partial charge in [0.05, 0.1) is 23.9 Å². The number of carbonyl (C=O) groups excluding carboxylic acids is 3. The van der Waals surface area contributed by atoms with Crippen molar-refractivity contribution in [3.05, 3.63) is 87.8 Å². The Balaban J connectivity index is 1.45. The number of fused-ring (bicyclic) bond motifs is 2. The Morgan fingerprint density at radius 1 is 1.03 bits per heavy atom. The fraction of sp³-hybridized carbons (Fsp3) is 0.174. The molecule has 2 aliphatic rings. The van der Waals surface area contributed by atoms with Crippen LogP contribution in [0, 0.1) is 0 Å². The molecule has 0 radical (unpaired) electrons. The molecule has 0 bridgehead atoms. The van der Waals surface area contributed by atoms with Crippen LogP contribution in [0.15, 0.2) is 59.2 Å². The zero-order chi connectivity index (χ0) is 20.8. The standard InChI is InChI=1S/C23H17ClN2O4/c24-16-6-8-20-14(11-16)3-1-9-25(20)21(27)15-5-7-18-19(12-15)23(29)26(22(18)28)13-17-4-2-10-30-17/h2,4-8,10-12H,1,3,9,13H2. The summed E-state index contributed by atoms with van der Waals surface area (Å²) in [5.74, 6) is -0.495. The minimum absolute atomic E-state index is 0.0584. The van der Waals surface area contributed by atoms with Gasteiger partial charge in [-0.25, -0.2) is 0 Å². The summed E-state index contributed by atoms with van der Waals surface area (Å²) in [6.07, 6.45) is 3.19. The van der Waals surface area contributed by atoms with Gasteiger partial charge in [-0.05, 0) is 66.9 Å². The second-order valence-electron chi connectivity index (χ2n) is 7.37. The molecule has 0 spiro atoms. The summed E-state index contributed by atoms with van der Waals surface area (Å²) in [4.78, 5) is 41.6. The minimum atomic E-state index is -0.424. The van der Waals surface area contributed by atoms with E-state index in [0.29, 0.717) is 28.5 Å². The third-order valence-corrected chi connectivity index (χ3v) is 5.75. The van der Waals surface area contributed by atoms with E-state index in [1.165, 1.54) is 12.3 Å². The Kier molecular flexibility index (Phi) is 4.44. The summed E-state index contributed by atoms with van der Waals surface area (Å²) in [6.45, 7) is 0.644. The molecule has 0 fully saturated rings. The predicted octanol–water partition coefficient (Wildman–Crippen LogP) is 4.32. The molecule has 30 heavy (non-hydrogen) atoms. The van der Waals surface area contributed by atoms with Crippen molar-refractivity contribution in [1.29, 1.82) is 0 Å². The quantitative estimate of drug-likeness (QED) is 0.591.